The third-order valence-corrected chi connectivity index (χ3v) is 3.28. The molecule has 0 saturated carbocycles. The molecule has 0 radical (unpaired) electrons. The molecule has 0 unspecified atom stereocenters. The number of carbonyl (C=O) groups is 3. The van der Waals surface area contributed by atoms with Crippen molar-refractivity contribution in [2.24, 2.45) is 0 Å². The molecular formula is C9H9N3O3S. The van der Waals surface area contributed by atoms with Crippen LogP contribution in [0.15, 0.2) is 0 Å². The molecule has 6 nitrogen and oxygen atoms in total. The predicted molar refractivity (Wildman–Crippen MR) is 57.2 cm³/mol. The van der Waals surface area contributed by atoms with Crippen LogP contribution in [0.1, 0.15) is 17.0 Å². The molecule has 0 atom stereocenters. The maximum absolute atomic E-state index is 11.5. The van der Waals surface area contributed by atoms with E-state index in [2.05, 4.69) is 10.3 Å². The van der Waals surface area contributed by atoms with E-state index < -0.39 is 17.8 Å². The third kappa shape index (κ3) is 1.69. The number of thiazole rings is 1. The number of urea groups is 1. The number of aromatic nitrogens is 1. The highest BCUT2D eigenvalue weighted by atomic mass is 32.1. The van der Waals surface area contributed by atoms with Crippen LogP contribution in [-0.2, 0) is 9.59 Å². The number of nitrogens with one attached hydrogen (secondary N) is 1. The molecule has 2 heterocycles. The number of imide groups is 2. The fourth-order valence-electron chi connectivity index (χ4n) is 1.29. The lowest BCUT2D eigenvalue weighted by Crippen LogP contribution is -2.52. The zero-order valence-corrected chi connectivity index (χ0v) is 9.55. The van der Waals surface area contributed by atoms with E-state index >= 15 is 0 Å². The number of rotatable bonds is 1. The topological polar surface area (TPSA) is 79.4 Å². The van der Waals surface area contributed by atoms with Crippen molar-refractivity contribution in [2.45, 2.75) is 20.3 Å². The summed E-state index contributed by atoms with van der Waals surface area (Å²) in [6.45, 7) is 3.65. The SMILES string of the molecule is Cc1nc(N2C(=O)CC(=O)NC2=O)sc1C. The first-order valence-corrected chi connectivity index (χ1v) is 5.41. The molecule has 4 amide bonds. The fraction of sp³-hybridized carbons (Fsp3) is 0.333. The molecule has 1 aromatic heterocycles. The Labute approximate surface area is 95.3 Å². The highest BCUT2D eigenvalue weighted by Gasteiger charge is 2.34. The van der Waals surface area contributed by atoms with E-state index in [0.717, 1.165) is 15.5 Å². The van der Waals surface area contributed by atoms with Gasteiger partial charge in [-0.05, 0) is 13.8 Å². The first kappa shape index (κ1) is 10.7. The Morgan fingerprint density at radius 2 is 2.00 bits per heavy atom. The van der Waals surface area contributed by atoms with E-state index in [1.54, 1.807) is 6.92 Å². The third-order valence-electron chi connectivity index (χ3n) is 2.22. The minimum atomic E-state index is -0.727. The summed E-state index contributed by atoms with van der Waals surface area (Å²) in [4.78, 5) is 39.9. The number of anilines is 1. The Kier molecular flexibility index (Phi) is 2.47. The summed E-state index contributed by atoms with van der Waals surface area (Å²) in [7, 11) is 0. The molecule has 1 aliphatic rings. The van der Waals surface area contributed by atoms with Gasteiger partial charge in [0.2, 0.25) is 16.9 Å². The van der Waals surface area contributed by atoms with Crippen LogP contribution in [0.25, 0.3) is 0 Å². The molecule has 1 aliphatic heterocycles. The minimum absolute atomic E-state index is 0.310. The van der Waals surface area contributed by atoms with Gasteiger partial charge in [0.05, 0.1) is 5.69 Å². The first-order chi connectivity index (χ1) is 7.49. The quantitative estimate of drug-likeness (QED) is 0.733. The van der Waals surface area contributed by atoms with Crippen LogP contribution in [-0.4, -0.2) is 22.8 Å². The maximum atomic E-state index is 11.5. The lowest BCUT2D eigenvalue weighted by molar-refractivity contribution is -0.128. The fourth-order valence-corrected chi connectivity index (χ4v) is 2.22. The van der Waals surface area contributed by atoms with E-state index in [0.29, 0.717) is 5.13 Å². The van der Waals surface area contributed by atoms with Gasteiger partial charge in [-0.1, -0.05) is 0 Å². The molecule has 16 heavy (non-hydrogen) atoms. The number of carbonyl (C=O) groups excluding carboxylic acids is 3. The Hall–Kier alpha value is -1.76. The Morgan fingerprint density at radius 3 is 2.50 bits per heavy atom. The van der Waals surface area contributed by atoms with Gasteiger partial charge >= 0.3 is 6.03 Å². The predicted octanol–water partition coefficient (Wildman–Crippen LogP) is 0.733. The van der Waals surface area contributed by atoms with Crippen molar-refractivity contribution in [1.82, 2.24) is 10.3 Å². The highest BCUT2D eigenvalue weighted by Crippen LogP contribution is 2.26. The van der Waals surface area contributed by atoms with Crippen LogP contribution in [0.5, 0.6) is 0 Å². The van der Waals surface area contributed by atoms with Crippen molar-refractivity contribution in [3.05, 3.63) is 10.6 Å². The van der Waals surface area contributed by atoms with Crippen LogP contribution in [0.4, 0.5) is 9.93 Å². The molecule has 0 bridgehead atoms. The molecule has 0 spiro atoms. The van der Waals surface area contributed by atoms with Crippen molar-refractivity contribution >= 4 is 34.3 Å². The molecular weight excluding hydrogens is 230 g/mol. The lowest BCUT2D eigenvalue weighted by atomic mass is 10.3. The average Bonchev–Trinajstić information content (AvgIpc) is 2.44. The highest BCUT2D eigenvalue weighted by molar-refractivity contribution is 7.16. The number of aryl methyl sites for hydroxylation is 2. The van der Waals surface area contributed by atoms with Crippen LogP contribution in [0.2, 0.25) is 0 Å². The second-order valence-electron chi connectivity index (χ2n) is 3.40. The van der Waals surface area contributed by atoms with E-state index in [1.165, 1.54) is 11.3 Å². The number of hydrogen-bond acceptors (Lipinski definition) is 5. The molecule has 2 rings (SSSR count). The van der Waals surface area contributed by atoms with Crippen LogP contribution < -0.4 is 10.2 Å². The first-order valence-electron chi connectivity index (χ1n) is 4.60. The molecule has 1 fully saturated rings. The summed E-state index contributed by atoms with van der Waals surface area (Å²) in [5.41, 5.74) is 0.775. The molecule has 1 saturated heterocycles. The van der Waals surface area contributed by atoms with Gasteiger partial charge in [0.1, 0.15) is 6.42 Å². The Bertz CT molecular complexity index is 455. The standard InChI is InChI=1S/C9H9N3O3S/c1-4-5(2)16-9(10-4)12-7(14)3-6(13)11-8(12)15/h3H2,1-2H3,(H,11,13,15). The van der Waals surface area contributed by atoms with E-state index in [4.69, 9.17) is 0 Å². The Balaban J connectivity index is 2.36. The van der Waals surface area contributed by atoms with Crippen LogP contribution in [0.3, 0.4) is 0 Å². The van der Waals surface area contributed by atoms with Crippen molar-refractivity contribution in [1.29, 1.82) is 0 Å². The molecule has 1 N–H and O–H groups in total. The van der Waals surface area contributed by atoms with Crippen molar-refractivity contribution < 1.29 is 14.4 Å². The summed E-state index contributed by atoms with van der Waals surface area (Å²) in [6.07, 6.45) is -0.316. The number of hydrogen-bond donors (Lipinski definition) is 1. The molecule has 84 valence electrons. The van der Waals surface area contributed by atoms with Gasteiger partial charge < -0.3 is 0 Å². The van der Waals surface area contributed by atoms with Gasteiger partial charge in [-0.25, -0.2) is 14.7 Å². The largest absolute Gasteiger partial charge is 0.337 e. The normalized spacial score (nSPS) is 16.6. The lowest BCUT2D eigenvalue weighted by Gasteiger charge is -2.21. The zero-order chi connectivity index (χ0) is 11.9. The van der Waals surface area contributed by atoms with Crippen molar-refractivity contribution in [2.75, 3.05) is 4.90 Å². The number of amides is 4. The van der Waals surface area contributed by atoms with Crippen LogP contribution >= 0.6 is 11.3 Å². The molecule has 0 aromatic carbocycles. The van der Waals surface area contributed by atoms with Gasteiger partial charge in [-0.2, -0.15) is 0 Å². The van der Waals surface area contributed by atoms with Gasteiger partial charge in [-0.3, -0.25) is 14.9 Å². The average molecular weight is 239 g/mol. The monoisotopic (exact) mass is 239 g/mol. The summed E-state index contributed by atoms with van der Waals surface area (Å²) < 4.78 is 0. The van der Waals surface area contributed by atoms with Crippen molar-refractivity contribution in [3.63, 3.8) is 0 Å². The number of barbiturate groups is 1. The van der Waals surface area contributed by atoms with Gasteiger partial charge in [0.15, 0.2) is 0 Å². The Morgan fingerprint density at radius 1 is 1.31 bits per heavy atom. The summed E-state index contributed by atoms with van der Waals surface area (Å²) in [6, 6.07) is -0.727. The zero-order valence-electron chi connectivity index (χ0n) is 8.73. The second-order valence-corrected chi connectivity index (χ2v) is 4.58. The summed E-state index contributed by atoms with van der Waals surface area (Å²) >= 11 is 1.25. The van der Waals surface area contributed by atoms with Gasteiger partial charge in [0, 0.05) is 4.88 Å². The smallest absolute Gasteiger partial charge is 0.277 e. The summed E-state index contributed by atoms with van der Waals surface area (Å²) in [5, 5.41) is 2.39. The molecule has 0 aliphatic carbocycles. The minimum Gasteiger partial charge on any atom is -0.277 e. The van der Waals surface area contributed by atoms with E-state index in [1.807, 2.05) is 6.92 Å². The van der Waals surface area contributed by atoms with Gasteiger partial charge in [0.25, 0.3) is 0 Å². The van der Waals surface area contributed by atoms with Gasteiger partial charge in [-0.15, -0.1) is 11.3 Å². The van der Waals surface area contributed by atoms with E-state index in [9.17, 15) is 14.4 Å². The maximum Gasteiger partial charge on any atom is 0.337 e. The molecule has 1 aromatic rings. The number of nitrogens with zero attached hydrogens (tertiary/aromatic N) is 2. The van der Waals surface area contributed by atoms with Crippen LogP contribution in [0, 0.1) is 13.8 Å². The summed E-state index contributed by atoms with van der Waals surface area (Å²) in [5.74, 6) is -1.11. The van der Waals surface area contributed by atoms with E-state index in [-0.39, 0.29) is 6.42 Å². The van der Waals surface area contributed by atoms with Crippen molar-refractivity contribution in [3.8, 4) is 0 Å². The molecule has 7 heteroatoms. The second kappa shape index (κ2) is 3.67.